The molecule has 0 unspecified atom stereocenters. The molecule has 3 saturated carbocycles. The van der Waals surface area contributed by atoms with Gasteiger partial charge in [-0.1, -0.05) is 55.4 Å². The van der Waals surface area contributed by atoms with Crippen LogP contribution in [0.25, 0.3) is 0 Å². The molecule has 4 atom stereocenters. The van der Waals surface area contributed by atoms with Crippen LogP contribution in [0.15, 0.2) is 0 Å². The molecule has 0 aliphatic heterocycles. The fraction of sp³-hybridized carbons (Fsp3) is 1.00. The van der Waals surface area contributed by atoms with Gasteiger partial charge in [-0.25, -0.2) is 0 Å². The predicted octanol–water partition coefficient (Wildman–Crippen LogP) is 6.94. The van der Waals surface area contributed by atoms with Gasteiger partial charge in [0.15, 0.2) is 0 Å². The van der Waals surface area contributed by atoms with Gasteiger partial charge in [0.2, 0.25) is 0 Å². The summed E-state index contributed by atoms with van der Waals surface area (Å²) in [5.41, 5.74) is 2.23. The van der Waals surface area contributed by atoms with Crippen molar-refractivity contribution in [2.75, 3.05) is 0 Å². The minimum atomic E-state index is 0.558. The Hall–Kier alpha value is 0. The molecule has 0 amide bonds. The average Bonchev–Trinajstić information content (AvgIpc) is 2.40. The predicted molar refractivity (Wildman–Crippen MR) is 96.8 cm³/mol. The molecule has 0 heteroatoms. The molecular formula is C22H40. The van der Waals surface area contributed by atoms with Crippen molar-refractivity contribution in [3.63, 3.8) is 0 Å². The highest BCUT2D eigenvalue weighted by Gasteiger charge is 2.58. The second-order valence-corrected chi connectivity index (χ2v) is 11.9. The zero-order valence-corrected chi connectivity index (χ0v) is 16.6. The third-order valence-electron chi connectivity index (χ3n) is 8.83. The molecule has 0 N–H and O–H groups in total. The molecule has 0 saturated heterocycles. The van der Waals surface area contributed by atoms with Crippen molar-refractivity contribution < 1.29 is 0 Å². The van der Waals surface area contributed by atoms with Gasteiger partial charge in [-0.3, -0.25) is 0 Å². The lowest BCUT2D eigenvalue weighted by molar-refractivity contribution is -0.143. The standard InChI is InChI=1S/C22H40/c1-19(2)9-10-20(3,4)16-14-18-17(13-15(16)19)21(5,6)11-12-22(18,7)8/h15-18H,9-14H2,1-8H3/t15-,16-,17-,18+/m1/s1. The topological polar surface area (TPSA) is 0 Å². The Balaban J connectivity index is 1.98. The van der Waals surface area contributed by atoms with E-state index < -0.39 is 0 Å². The normalized spacial score (nSPS) is 44.7. The quantitative estimate of drug-likeness (QED) is 0.455. The molecule has 3 rings (SSSR count). The Labute approximate surface area is 139 Å². The zero-order chi connectivity index (χ0) is 16.6. The smallest absolute Gasteiger partial charge is 0.0323 e. The van der Waals surface area contributed by atoms with Gasteiger partial charge in [-0.05, 0) is 83.9 Å². The summed E-state index contributed by atoms with van der Waals surface area (Å²) in [7, 11) is 0. The highest BCUT2D eigenvalue weighted by Crippen LogP contribution is 2.66. The Kier molecular flexibility index (Phi) is 3.65. The maximum absolute atomic E-state index is 2.57. The molecule has 22 heavy (non-hydrogen) atoms. The maximum atomic E-state index is 2.57. The van der Waals surface area contributed by atoms with E-state index >= 15 is 0 Å². The molecule has 0 spiro atoms. The Morgan fingerprint density at radius 2 is 0.591 bits per heavy atom. The first-order chi connectivity index (χ1) is 9.87. The van der Waals surface area contributed by atoms with Crippen LogP contribution in [0.3, 0.4) is 0 Å². The highest BCUT2D eigenvalue weighted by molar-refractivity contribution is 5.07. The van der Waals surface area contributed by atoms with Crippen molar-refractivity contribution in [3.05, 3.63) is 0 Å². The van der Waals surface area contributed by atoms with E-state index in [0.29, 0.717) is 21.7 Å². The molecular weight excluding hydrogens is 264 g/mol. The third kappa shape index (κ3) is 2.48. The van der Waals surface area contributed by atoms with Crippen LogP contribution < -0.4 is 0 Å². The van der Waals surface area contributed by atoms with E-state index in [1.165, 1.54) is 38.5 Å². The van der Waals surface area contributed by atoms with E-state index in [9.17, 15) is 0 Å². The van der Waals surface area contributed by atoms with Crippen LogP contribution >= 0.6 is 0 Å². The first kappa shape index (κ1) is 16.8. The van der Waals surface area contributed by atoms with Gasteiger partial charge in [0.05, 0.1) is 0 Å². The first-order valence-electron chi connectivity index (χ1n) is 9.87. The van der Waals surface area contributed by atoms with Crippen molar-refractivity contribution in [2.45, 2.75) is 93.9 Å². The van der Waals surface area contributed by atoms with E-state index in [-0.39, 0.29) is 0 Å². The maximum Gasteiger partial charge on any atom is -0.0323 e. The summed E-state index contributed by atoms with van der Waals surface area (Å²) >= 11 is 0. The Morgan fingerprint density at radius 3 is 0.773 bits per heavy atom. The molecule has 0 aromatic carbocycles. The van der Waals surface area contributed by atoms with Crippen molar-refractivity contribution >= 4 is 0 Å². The monoisotopic (exact) mass is 304 g/mol. The summed E-state index contributed by atoms with van der Waals surface area (Å²) in [6, 6.07) is 0. The highest BCUT2D eigenvalue weighted by atomic mass is 14.6. The summed E-state index contributed by atoms with van der Waals surface area (Å²) in [4.78, 5) is 0. The molecule has 3 aliphatic rings. The van der Waals surface area contributed by atoms with E-state index in [4.69, 9.17) is 0 Å². The van der Waals surface area contributed by atoms with Crippen LogP contribution in [-0.4, -0.2) is 0 Å². The summed E-state index contributed by atoms with van der Waals surface area (Å²) in [5, 5.41) is 0. The SMILES string of the molecule is CC1(C)CCC(C)(C)[C@@H]2C[C@H]3[C@@H](C[C@H]21)C(C)(C)CCC3(C)C. The van der Waals surface area contributed by atoms with Gasteiger partial charge in [0.25, 0.3) is 0 Å². The largest absolute Gasteiger partial charge is 0.0596 e. The van der Waals surface area contributed by atoms with Crippen molar-refractivity contribution in [1.82, 2.24) is 0 Å². The molecule has 0 radical (unpaired) electrons. The second kappa shape index (κ2) is 4.76. The lowest BCUT2D eigenvalue weighted by Gasteiger charge is -2.64. The minimum Gasteiger partial charge on any atom is -0.0596 e. The van der Waals surface area contributed by atoms with Crippen molar-refractivity contribution in [1.29, 1.82) is 0 Å². The number of rotatable bonds is 0. The molecule has 3 fully saturated rings. The molecule has 0 aromatic rings. The second-order valence-electron chi connectivity index (χ2n) is 11.9. The number of hydrogen-bond acceptors (Lipinski definition) is 0. The van der Waals surface area contributed by atoms with Crippen LogP contribution in [0.4, 0.5) is 0 Å². The van der Waals surface area contributed by atoms with Crippen LogP contribution in [0.1, 0.15) is 93.9 Å². The van der Waals surface area contributed by atoms with E-state index in [1.807, 2.05) is 0 Å². The van der Waals surface area contributed by atoms with Gasteiger partial charge in [0, 0.05) is 0 Å². The van der Waals surface area contributed by atoms with Crippen molar-refractivity contribution in [2.24, 2.45) is 45.3 Å². The van der Waals surface area contributed by atoms with Crippen LogP contribution in [0.2, 0.25) is 0 Å². The van der Waals surface area contributed by atoms with Crippen LogP contribution in [0, 0.1) is 45.3 Å². The van der Waals surface area contributed by atoms with Gasteiger partial charge in [-0.2, -0.15) is 0 Å². The van der Waals surface area contributed by atoms with Crippen LogP contribution in [0.5, 0.6) is 0 Å². The number of fused-ring (bicyclic) bond motifs is 2. The fourth-order valence-corrected chi connectivity index (χ4v) is 6.69. The molecule has 0 aromatic heterocycles. The van der Waals surface area contributed by atoms with E-state index in [0.717, 1.165) is 23.7 Å². The lowest BCUT2D eigenvalue weighted by atomic mass is 9.41. The fourth-order valence-electron chi connectivity index (χ4n) is 6.69. The molecule has 0 nitrogen and oxygen atoms in total. The average molecular weight is 305 g/mol. The molecule has 128 valence electrons. The minimum absolute atomic E-state index is 0.558. The van der Waals surface area contributed by atoms with Gasteiger partial charge < -0.3 is 0 Å². The first-order valence-corrected chi connectivity index (χ1v) is 9.87. The van der Waals surface area contributed by atoms with Crippen LogP contribution in [-0.2, 0) is 0 Å². The Bertz CT molecular complexity index is 355. The summed E-state index contributed by atoms with van der Waals surface area (Å²) in [5.74, 6) is 3.80. The summed E-state index contributed by atoms with van der Waals surface area (Å²) in [6.45, 7) is 20.6. The van der Waals surface area contributed by atoms with E-state index in [2.05, 4.69) is 55.4 Å². The Morgan fingerprint density at radius 1 is 0.409 bits per heavy atom. The molecule has 0 heterocycles. The molecule has 3 aliphatic carbocycles. The van der Waals surface area contributed by atoms with Gasteiger partial charge in [0.1, 0.15) is 0 Å². The van der Waals surface area contributed by atoms with Gasteiger partial charge >= 0.3 is 0 Å². The summed E-state index contributed by atoms with van der Waals surface area (Å²) in [6.07, 6.45) is 8.74. The van der Waals surface area contributed by atoms with E-state index in [1.54, 1.807) is 0 Å². The third-order valence-corrected chi connectivity index (χ3v) is 8.83. The zero-order valence-electron chi connectivity index (χ0n) is 16.6. The lowest BCUT2D eigenvalue weighted by Crippen LogP contribution is -2.55. The summed E-state index contributed by atoms with van der Waals surface area (Å²) < 4.78 is 0. The molecule has 0 bridgehead atoms. The number of hydrogen-bond donors (Lipinski definition) is 0. The van der Waals surface area contributed by atoms with Gasteiger partial charge in [-0.15, -0.1) is 0 Å². The van der Waals surface area contributed by atoms with Crippen molar-refractivity contribution in [3.8, 4) is 0 Å².